The van der Waals surface area contributed by atoms with Crippen molar-refractivity contribution in [3.63, 3.8) is 0 Å². The molecule has 3 N–H and O–H groups in total. The van der Waals surface area contributed by atoms with Crippen LogP contribution in [0.1, 0.15) is 22.3 Å². The van der Waals surface area contributed by atoms with Crippen LogP contribution < -0.4 is 11.1 Å². The van der Waals surface area contributed by atoms with Gasteiger partial charge in [0.05, 0.1) is 7.11 Å². The number of nitrogens with one attached hydrogen (secondary N) is 1. The fourth-order valence-corrected chi connectivity index (χ4v) is 2.18. The molecule has 1 amide bonds. The van der Waals surface area contributed by atoms with Crippen molar-refractivity contribution in [3.8, 4) is 0 Å². The Morgan fingerprint density at radius 3 is 2.80 bits per heavy atom. The highest BCUT2D eigenvalue weighted by Crippen LogP contribution is 2.07. The minimum absolute atomic E-state index is 0.295. The van der Waals surface area contributed by atoms with E-state index in [0.717, 1.165) is 11.3 Å². The molecule has 0 aliphatic heterocycles. The van der Waals surface area contributed by atoms with Crippen molar-refractivity contribution in [2.45, 2.75) is 19.0 Å². The molecule has 0 saturated heterocycles. The van der Waals surface area contributed by atoms with E-state index >= 15 is 0 Å². The number of nitrogens with two attached hydrogens (primary N) is 1. The largest absolute Gasteiger partial charge is 0.467 e. The normalized spacial score (nSPS) is 11.8. The quantitative estimate of drug-likeness (QED) is 0.738. The summed E-state index contributed by atoms with van der Waals surface area (Å²) in [5.41, 5.74) is 6.91. The predicted molar refractivity (Wildman–Crippen MR) is 80.6 cm³/mol. The molecule has 0 spiro atoms. The Kier molecular flexibility index (Phi) is 7.11. The monoisotopic (exact) mass is 296 g/mol. The van der Waals surface area contributed by atoms with E-state index in [1.807, 2.05) is 12.3 Å². The first-order valence-electron chi connectivity index (χ1n) is 6.29. The number of methoxy groups -OCH3 is 1. The van der Waals surface area contributed by atoms with Crippen LogP contribution in [-0.2, 0) is 16.1 Å². The maximum atomic E-state index is 12.1. The minimum atomic E-state index is -0.624. The van der Waals surface area contributed by atoms with Crippen molar-refractivity contribution in [2.24, 2.45) is 5.73 Å². The molecule has 110 valence electrons. The van der Waals surface area contributed by atoms with Crippen LogP contribution in [0.5, 0.6) is 0 Å². The van der Waals surface area contributed by atoms with E-state index in [0.29, 0.717) is 18.5 Å². The van der Waals surface area contributed by atoms with Gasteiger partial charge >= 0.3 is 5.97 Å². The number of ether oxygens (including phenoxy) is 1. The van der Waals surface area contributed by atoms with E-state index in [1.54, 1.807) is 30.0 Å². The van der Waals surface area contributed by atoms with Crippen molar-refractivity contribution in [3.05, 3.63) is 35.4 Å². The Labute approximate surface area is 123 Å². The van der Waals surface area contributed by atoms with Gasteiger partial charge in [0.1, 0.15) is 6.04 Å². The van der Waals surface area contributed by atoms with E-state index in [9.17, 15) is 9.59 Å². The lowest BCUT2D eigenvalue weighted by Gasteiger charge is -2.16. The molecule has 1 rings (SSSR count). The second kappa shape index (κ2) is 8.60. The molecule has 0 radical (unpaired) electrons. The molecule has 0 saturated carbocycles. The summed E-state index contributed by atoms with van der Waals surface area (Å²) in [4.78, 5) is 23.8. The van der Waals surface area contributed by atoms with Crippen molar-refractivity contribution in [1.82, 2.24) is 5.32 Å². The van der Waals surface area contributed by atoms with Crippen molar-refractivity contribution >= 4 is 23.6 Å². The molecule has 0 bridgehead atoms. The van der Waals surface area contributed by atoms with Crippen LogP contribution in [0.25, 0.3) is 0 Å². The fraction of sp³-hybridized carbons (Fsp3) is 0.429. The van der Waals surface area contributed by atoms with Crippen molar-refractivity contribution in [1.29, 1.82) is 0 Å². The van der Waals surface area contributed by atoms with Gasteiger partial charge in [-0.1, -0.05) is 12.1 Å². The van der Waals surface area contributed by atoms with Gasteiger partial charge in [0.25, 0.3) is 5.91 Å². The molecule has 0 aliphatic rings. The molecule has 0 heterocycles. The SMILES string of the molecule is COC(=O)[C@H](CCSC)NC(=O)c1cccc(CN)c1. The lowest BCUT2D eigenvalue weighted by molar-refractivity contribution is -0.142. The van der Waals surface area contributed by atoms with Gasteiger partial charge in [-0.2, -0.15) is 11.8 Å². The van der Waals surface area contributed by atoms with E-state index in [1.165, 1.54) is 7.11 Å². The summed E-state index contributed by atoms with van der Waals surface area (Å²) in [6, 6.07) is 6.41. The topological polar surface area (TPSA) is 81.4 Å². The minimum Gasteiger partial charge on any atom is -0.467 e. The maximum absolute atomic E-state index is 12.1. The lowest BCUT2D eigenvalue weighted by Crippen LogP contribution is -2.42. The van der Waals surface area contributed by atoms with Crippen LogP contribution in [0.15, 0.2) is 24.3 Å². The fourth-order valence-electron chi connectivity index (χ4n) is 1.71. The maximum Gasteiger partial charge on any atom is 0.328 e. The summed E-state index contributed by atoms with van der Waals surface area (Å²) in [6.45, 7) is 0.369. The van der Waals surface area contributed by atoms with Gasteiger partial charge in [0.15, 0.2) is 0 Å². The van der Waals surface area contributed by atoms with Crippen LogP contribution >= 0.6 is 11.8 Å². The van der Waals surface area contributed by atoms with Crippen molar-refractivity contribution in [2.75, 3.05) is 19.1 Å². The zero-order valence-corrected chi connectivity index (χ0v) is 12.5. The number of hydrogen-bond acceptors (Lipinski definition) is 5. The van der Waals surface area contributed by atoms with Crippen LogP contribution in [0.4, 0.5) is 0 Å². The molecular weight excluding hydrogens is 276 g/mol. The zero-order chi connectivity index (χ0) is 15.0. The molecule has 0 fully saturated rings. The molecule has 6 heteroatoms. The van der Waals surface area contributed by atoms with Gasteiger partial charge in [-0.25, -0.2) is 4.79 Å². The summed E-state index contributed by atoms with van der Waals surface area (Å²) >= 11 is 1.61. The van der Waals surface area contributed by atoms with Gasteiger partial charge in [-0.05, 0) is 36.1 Å². The third kappa shape index (κ3) is 4.86. The Bertz CT molecular complexity index is 465. The van der Waals surface area contributed by atoms with Crippen LogP contribution in [0.3, 0.4) is 0 Å². The van der Waals surface area contributed by atoms with E-state index in [-0.39, 0.29) is 5.91 Å². The first-order valence-corrected chi connectivity index (χ1v) is 7.68. The zero-order valence-electron chi connectivity index (χ0n) is 11.7. The highest BCUT2D eigenvalue weighted by molar-refractivity contribution is 7.98. The van der Waals surface area contributed by atoms with E-state index in [2.05, 4.69) is 5.32 Å². The Morgan fingerprint density at radius 2 is 2.20 bits per heavy atom. The standard InChI is InChI=1S/C14H20N2O3S/c1-19-14(18)12(6-7-20-2)16-13(17)11-5-3-4-10(8-11)9-15/h3-5,8,12H,6-7,9,15H2,1-2H3,(H,16,17)/t12-/m0/s1. The first-order chi connectivity index (χ1) is 9.62. The van der Waals surface area contributed by atoms with Gasteiger partial charge in [0, 0.05) is 12.1 Å². The molecule has 0 aromatic heterocycles. The summed E-state index contributed by atoms with van der Waals surface area (Å²) in [7, 11) is 1.32. The second-order valence-corrected chi connectivity index (χ2v) is 5.22. The lowest BCUT2D eigenvalue weighted by atomic mass is 10.1. The van der Waals surface area contributed by atoms with Crippen LogP contribution in [0.2, 0.25) is 0 Å². The van der Waals surface area contributed by atoms with Crippen LogP contribution in [-0.4, -0.2) is 37.0 Å². The summed E-state index contributed by atoms with van der Waals surface area (Å²) in [5, 5.41) is 2.70. The predicted octanol–water partition coefficient (Wildman–Crippen LogP) is 1.17. The summed E-state index contributed by atoms with van der Waals surface area (Å²) < 4.78 is 4.71. The number of benzene rings is 1. The van der Waals surface area contributed by atoms with Gasteiger partial charge in [-0.3, -0.25) is 4.79 Å². The Morgan fingerprint density at radius 1 is 1.45 bits per heavy atom. The van der Waals surface area contributed by atoms with E-state index < -0.39 is 12.0 Å². The summed E-state index contributed by atoms with van der Waals surface area (Å²) in [5.74, 6) is 0.0438. The Balaban J connectivity index is 2.75. The third-order valence-electron chi connectivity index (χ3n) is 2.83. The molecule has 5 nitrogen and oxygen atoms in total. The van der Waals surface area contributed by atoms with Gasteiger partial charge in [0.2, 0.25) is 0 Å². The third-order valence-corrected chi connectivity index (χ3v) is 3.47. The molecule has 0 aliphatic carbocycles. The van der Waals surface area contributed by atoms with Crippen molar-refractivity contribution < 1.29 is 14.3 Å². The molecule has 0 unspecified atom stereocenters. The number of carbonyl (C=O) groups is 2. The highest BCUT2D eigenvalue weighted by atomic mass is 32.2. The molecular formula is C14H20N2O3S. The number of amides is 1. The average Bonchev–Trinajstić information content (AvgIpc) is 2.50. The number of hydrogen-bond donors (Lipinski definition) is 2. The number of thioether (sulfide) groups is 1. The average molecular weight is 296 g/mol. The second-order valence-electron chi connectivity index (χ2n) is 4.24. The van der Waals surface area contributed by atoms with E-state index in [4.69, 9.17) is 10.5 Å². The van der Waals surface area contributed by atoms with Crippen LogP contribution in [0, 0.1) is 0 Å². The highest BCUT2D eigenvalue weighted by Gasteiger charge is 2.21. The number of rotatable bonds is 7. The molecule has 20 heavy (non-hydrogen) atoms. The molecule has 1 aromatic carbocycles. The Hall–Kier alpha value is -1.53. The first kappa shape index (κ1) is 16.5. The molecule has 1 aromatic rings. The van der Waals surface area contributed by atoms with Gasteiger partial charge < -0.3 is 15.8 Å². The summed E-state index contributed by atoms with van der Waals surface area (Å²) in [6.07, 6.45) is 2.48. The number of esters is 1. The molecule has 1 atom stereocenters. The smallest absolute Gasteiger partial charge is 0.328 e. The number of carbonyl (C=O) groups excluding carboxylic acids is 2. The van der Waals surface area contributed by atoms with Gasteiger partial charge in [-0.15, -0.1) is 0 Å².